The highest BCUT2D eigenvalue weighted by molar-refractivity contribution is 6.74. The minimum atomic E-state index is -1.98. The highest BCUT2D eigenvalue weighted by Crippen LogP contribution is 2.39. The molecule has 0 aromatic rings. The summed E-state index contributed by atoms with van der Waals surface area (Å²) in [6.45, 7) is 22.5. The molecule has 0 aromatic heterocycles. The molecule has 0 radical (unpaired) electrons. The molecule has 0 aliphatic carbocycles. The van der Waals surface area contributed by atoms with Gasteiger partial charge in [-0.2, -0.15) is 0 Å². The predicted octanol–water partition coefficient (Wildman–Crippen LogP) is 4.74. The highest BCUT2D eigenvalue weighted by atomic mass is 28.4. The summed E-state index contributed by atoms with van der Waals surface area (Å²) in [5, 5.41) is 0.0784. The molecule has 0 bridgehead atoms. The van der Waals surface area contributed by atoms with E-state index in [0.717, 1.165) is 0 Å². The minimum absolute atomic E-state index is 0.0754. The van der Waals surface area contributed by atoms with Crippen LogP contribution in [0.2, 0.25) is 18.1 Å². The van der Waals surface area contributed by atoms with Crippen LogP contribution in [0.15, 0.2) is 0 Å². The third-order valence-electron chi connectivity index (χ3n) is 5.22. The molecule has 8 heteroatoms. The fourth-order valence-electron chi connectivity index (χ4n) is 2.90. The first-order chi connectivity index (χ1) is 13.3. The van der Waals surface area contributed by atoms with Gasteiger partial charge in [-0.15, -0.1) is 0 Å². The Labute approximate surface area is 183 Å². The first-order valence-electron chi connectivity index (χ1n) is 10.8. The van der Waals surface area contributed by atoms with E-state index in [1.165, 1.54) is 0 Å². The maximum atomic E-state index is 12.8. The molecular weight excluding hydrogens is 402 g/mol. The van der Waals surface area contributed by atoms with Crippen LogP contribution in [0.4, 0.5) is 4.79 Å². The number of likely N-dealkylation sites (tertiary alicyclic amines) is 1. The average Bonchev–Trinajstić information content (AvgIpc) is 2.84. The van der Waals surface area contributed by atoms with Crippen molar-refractivity contribution in [1.29, 1.82) is 0 Å². The van der Waals surface area contributed by atoms with Gasteiger partial charge in [0.25, 0.3) is 0 Å². The molecule has 30 heavy (non-hydrogen) atoms. The molecule has 1 rings (SSSR count). The van der Waals surface area contributed by atoms with Crippen molar-refractivity contribution in [2.45, 2.75) is 110 Å². The lowest BCUT2D eigenvalue weighted by molar-refractivity contribution is -0.160. The SMILES string of the molecule is CC(C)(C)OC(=O)COC[C@H]1C[C@H](O[Si](C)(C)C(C)(C)C)CN1C(=O)OC(C)(C)C. The smallest absolute Gasteiger partial charge is 0.410 e. The van der Waals surface area contributed by atoms with Crippen LogP contribution in [0.1, 0.15) is 68.7 Å². The Morgan fingerprint density at radius 3 is 1.93 bits per heavy atom. The summed E-state index contributed by atoms with van der Waals surface area (Å²) in [7, 11) is -1.98. The van der Waals surface area contributed by atoms with Gasteiger partial charge < -0.3 is 23.5 Å². The minimum Gasteiger partial charge on any atom is -0.458 e. The summed E-state index contributed by atoms with van der Waals surface area (Å²) < 4.78 is 23.0. The van der Waals surface area contributed by atoms with E-state index in [-0.39, 0.29) is 36.5 Å². The maximum absolute atomic E-state index is 12.8. The third kappa shape index (κ3) is 8.94. The molecule has 0 saturated carbocycles. The summed E-state index contributed by atoms with van der Waals surface area (Å²) >= 11 is 0. The Bertz CT molecular complexity index is 600. The number of carbonyl (C=O) groups is 2. The summed E-state index contributed by atoms with van der Waals surface area (Å²) in [6.07, 6.45) is 0.198. The van der Waals surface area contributed by atoms with Gasteiger partial charge >= 0.3 is 12.1 Å². The largest absolute Gasteiger partial charge is 0.458 e. The van der Waals surface area contributed by atoms with E-state index in [1.54, 1.807) is 4.90 Å². The van der Waals surface area contributed by atoms with Gasteiger partial charge in [0, 0.05) is 6.54 Å². The lowest BCUT2D eigenvalue weighted by Gasteiger charge is -2.38. The number of hydrogen-bond acceptors (Lipinski definition) is 6. The molecule has 1 fully saturated rings. The Morgan fingerprint density at radius 2 is 1.47 bits per heavy atom. The molecule has 176 valence electrons. The van der Waals surface area contributed by atoms with Gasteiger partial charge in [-0.25, -0.2) is 9.59 Å². The highest BCUT2D eigenvalue weighted by Gasteiger charge is 2.44. The maximum Gasteiger partial charge on any atom is 0.410 e. The number of nitrogens with zero attached hydrogens (tertiary/aromatic N) is 1. The molecule has 1 heterocycles. The number of ether oxygens (including phenoxy) is 3. The average molecular weight is 446 g/mol. The van der Waals surface area contributed by atoms with E-state index in [0.29, 0.717) is 13.0 Å². The number of carbonyl (C=O) groups excluding carboxylic acids is 2. The molecule has 2 atom stereocenters. The van der Waals surface area contributed by atoms with Crippen LogP contribution in [0.25, 0.3) is 0 Å². The number of amides is 1. The van der Waals surface area contributed by atoms with E-state index in [9.17, 15) is 9.59 Å². The molecule has 0 aromatic carbocycles. The Morgan fingerprint density at radius 1 is 0.933 bits per heavy atom. The number of esters is 1. The van der Waals surface area contributed by atoms with Gasteiger partial charge in [0.05, 0.1) is 18.8 Å². The van der Waals surface area contributed by atoms with Gasteiger partial charge in [-0.05, 0) is 66.1 Å². The van der Waals surface area contributed by atoms with Crippen LogP contribution >= 0.6 is 0 Å². The van der Waals surface area contributed by atoms with Crippen LogP contribution in [0.5, 0.6) is 0 Å². The topological polar surface area (TPSA) is 74.3 Å². The van der Waals surface area contributed by atoms with Crippen molar-refractivity contribution in [3.05, 3.63) is 0 Å². The van der Waals surface area contributed by atoms with Crippen LogP contribution in [0.3, 0.4) is 0 Å². The quantitative estimate of drug-likeness (QED) is 0.434. The van der Waals surface area contributed by atoms with Gasteiger partial charge in [-0.1, -0.05) is 20.8 Å². The molecule has 7 nitrogen and oxygen atoms in total. The molecule has 0 N–H and O–H groups in total. The molecule has 0 spiro atoms. The van der Waals surface area contributed by atoms with Gasteiger partial charge in [0.1, 0.15) is 17.8 Å². The lowest BCUT2D eigenvalue weighted by Crippen LogP contribution is -2.45. The summed E-state index contributed by atoms with van der Waals surface area (Å²) in [5.74, 6) is -0.418. The van der Waals surface area contributed by atoms with Crippen LogP contribution in [-0.2, 0) is 23.4 Å². The summed E-state index contributed by atoms with van der Waals surface area (Å²) in [4.78, 5) is 26.4. The fourth-order valence-corrected chi connectivity index (χ4v) is 4.26. The predicted molar refractivity (Wildman–Crippen MR) is 120 cm³/mol. The van der Waals surface area contributed by atoms with Crippen molar-refractivity contribution < 1.29 is 28.2 Å². The van der Waals surface area contributed by atoms with Crippen molar-refractivity contribution in [1.82, 2.24) is 4.90 Å². The molecule has 0 unspecified atom stereocenters. The van der Waals surface area contributed by atoms with Crippen molar-refractivity contribution >= 4 is 20.4 Å². The number of rotatable bonds is 6. The van der Waals surface area contributed by atoms with Gasteiger partial charge in [0.15, 0.2) is 8.32 Å². The monoisotopic (exact) mass is 445 g/mol. The fraction of sp³-hybridized carbons (Fsp3) is 0.909. The first-order valence-corrected chi connectivity index (χ1v) is 13.7. The third-order valence-corrected chi connectivity index (χ3v) is 9.76. The van der Waals surface area contributed by atoms with E-state index in [4.69, 9.17) is 18.6 Å². The molecular formula is C22H43NO6Si. The van der Waals surface area contributed by atoms with Crippen molar-refractivity contribution in [2.75, 3.05) is 19.8 Å². The van der Waals surface area contributed by atoms with Gasteiger partial charge in [0.2, 0.25) is 0 Å². The zero-order valence-electron chi connectivity index (χ0n) is 20.9. The Balaban J connectivity index is 2.80. The van der Waals surface area contributed by atoms with Gasteiger partial charge in [-0.3, -0.25) is 0 Å². The first kappa shape index (κ1) is 26.9. The second kappa shape index (κ2) is 9.57. The zero-order valence-corrected chi connectivity index (χ0v) is 21.9. The van der Waals surface area contributed by atoms with Crippen LogP contribution in [0, 0.1) is 0 Å². The second-order valence-corrected chi connectivity index (χ2v) is 16.4. The van der Waals surface area contributed by atoms with Crippen molar-refractivity contribution in [3.63, 3.8) is 0 Å². The van der Waals surface area contributed by atoms with E-state index in [2.05, 4.69) is 33.9 Å². The van der Waals surface area contributed by atoms with Crippen LogP contribution < -0.4 is 0 Å². The zero-order chi connectivity index (χ0) is 23.5. The van der Waals surface area contributed by atoms with Crippen molar-refractivity contribution in [2.24, 2.45) is 0 Å². The summed E-state index contributed by atoms with van der Waals surface area (Å²) in [5.41, 5.74) is -1.14. The lowest BCUT2D eigenvalue weighted by atomic mass is 10.2. The molecule has 1 aliphatic rings. The van der Waals surface area contributed by atoms with E-state index >= 15 is 0 Å². The van der Waals surface area contributed by atoms with E-state index in [1.807, 2.05) is 41.5 Å². The molecule has 1 amide bonds. The Kier molecular flexibility index (Phi) is 8.58. The van der Waals surface area contributed by atoms with E-state index < -0.39 is 25.5 Å². The molecule has 1 aliphatic heterocycles. The van der Waals surface area contributed by atoms with Crippen molar-refractivity contribution in [3.8, 4) is 0 Å². The Hall–Kier alpha value is -1.12. The normalized spacial score (nSPS) is 21.0. The number of hydrogen-bond donors (Lipinski definition) is 0. The second-order valence-electron chi connectivity index (χ2n) is 11.6. The summed E-state index contributed by atoms with van der Waals surface area (Å²) in [6, 6.07) is -0.211. The molecule has 1 saturated heterocycles. The van der Waals surface area contributed by atoms with Crippen LogP contribution in [-0.4, -0.2) is 68.4 Å². The standard InChI is InChI=1S/C22H43NO6Si/c1-20(2,3)27-18(24)15-26-14-16-12-17(29-30(10,11)22(7,8)9)13-23(16)19(25)28-21(4,5)6/h16-17H,12-15H2,1-11H3/t16-,17+/m1/s1.